The van der Waals surface area contributed by atoms with Crippen LogP contribution in [0.3, 0.4) is 0 Å². The van der Waals surface area contributed by atoms with Gasteiger partial charge in [0.2, 0.25) is 6.29 Å². The number of nitroso groups, excluding NO2 is 1. The van der Waals surface area contributed by atoms with Crippen molar-refractivity contribution in [3.05, 3.63) is 64.0 Å². The Labute approximate surface area is 220 Å². The van der Waals surface area contributed by atoms with Crippen LogP contribution < -0.4 is 15.9 Å². The monoisotopic (exact) mass is 530 g/mol. The SMILES string of the molecule is CC(CO)(CN=O)CN1C(=O)N(N)C(Nc2ccc(OCC3CC3)cc2)N(Cc2ccc(Cl)cc2)C1=O. The molecule has 1 aliphatic heterocycles. The van der Waals surface area contributed by atoms with E-state index in [9.17, 15) is 19.6 Å². The number of imide groups is 1. The Morgan fingerprint density at radius 3 is 2.41 bits per heavy atom. The molecule has 11 nitrogen and oxygen atoms in total. The van der Waals surface area contributed by atoms with Crippen molar-refractivity contribution >= 4 is 29.4 Å². The van der Waals surface area contributed by atoms with Crippen LogP contribution in [0, 0.1) is 16.2 Å². The van der Waals surface area contributed by atoms with Crippen LogP contribution in [0.5, 0.6) is 5.75 Å². The van der Waals surface area contributed by atoms with Gasteiger partial charge in [0.25, 0.3) is 0 Å². The molecule has 2 atom stereocenters. The van der Waals surface area contributed by atoms with E-state index >= 15 is 0 Å². The van der Waals surface area contributed by atoms with Crippen molar-refractivity contribution in [3.63, 3.8) is 0 Å². The zero-order valence-electron chi connectivity index (χ0n) is 20.5. The van der Waals surface area contributed by atoms with Crippen molar-refractivity contribution in [3.8, 4) is 5.75 Å². The van der Waals surface area contributed by atoms with Crippen molar-refractivity contribution in [1.29, 1.82) is 0 Å². The van der Waals surface area contributed by atoms with Crippen LogP contribution in [0.15, 0.2) is 53.7 Å². The van der Waals surface area contributed by atoms with Crippen molar-refractivity contribution in [2.24, 2.45) is 22.4 Å². The number of nitrogens with one attached hydrogen (secondary N) is 1. The molecule has 0 spiro atoms. The molecule has 198 valence electrons. The van der Waals surface area contributed by atoms with Gasteiger partial charge in [-0.1, -0.05) is 35.8 Å². The summed E-state index contributed by atoms with van der Waals surface area (Å²) in [5.74, 6) is 7.59. The summed E-state index contributed by atoms with van der Waals surface area (Å²) in [7, 11) is 0. The van der Waals surface area contributed by atoms with Gasteiger partial charge in [0.1, 0.15) is 5.75 Å². The first-order valence-electron chi connectivity index (χ1n) is 12.0. The van der Waals surface area contributed by atoms with Crippen molar-refractivity contribution < 1.29 is 19.4 Å². The van der Waals surface area contributed by atoms with E-state index in [0.29, 0.717) is 23.2 Å². The number of nitrogens with zero attached hydrogens (tertiary/aromatic N) is 4. The molecule has 2 aromatic carbocycles. The number of anilines is 1. The van der Waals surface area contributed by atoms with Crippen LogP contribution in [0.1, 0.15) is 25.3 Å². The first kappa shape index (κ1) is 26.6. The zero-order chi connectivity index (χ0) is 26.6. The first-order valence-corrected chi connectivity index (χ1v) is 12.4. The van der Waals surface area contributed by atoms with Gasteiger partial charge in [0.15, 0.2) is 0 Å². The lowest BCUT2D eigenvalue weighted by molar-refractivity contribution is 0.0217. The number of benzene rings is 2. The van der Waals surface area contributed by atoms with E-state index in [4.69, 9.17) is 22.2 Å². The van der Waals surface area contributed by atoms with E-state index in [1.807, 2.05) is 12.1 Å². The quantitative estimate of drug-likeness (QED) is 0.215. The van der Waals surface area contributed by atoms with Crippen LogP contribution in [-0.2, 0) is 6.54 Å². The molecular weight excluding hydrogens is 500 g/mol. The predicted molar refractivity (Wildman–Crippen MR) is 138 cm³/mol. The summed E-state index contributed by atoms with van der Waals surface area (Å²) >= 11 is 6.02. The molecule has 1 aliphatic carbocycles. The third-order valence-electron chi connectivity index (χ3n) is 6.45. The van der Waals surface area contributed by atoms with Crippen molar-refractivity contribution in [1.82, 2.24) is 14.8 Å². The van der Waals surface area contributed by atoms with Gasteiger partial charge in [-0.2, -0.15) is 4.91 Å². The molecule has 2 aromatic rings. The fourth-order valence-electron chi connectivity index (χ4n) is 3.94. The number of aliphatic hydroxyl groups is 1. The second-order valence-corrected chi connectivity index (χ2v) is 10.3. The normalized spacial score (nSPS) is 19.6. The van der Waals surface area contributed by atoms with Gasteiger partial charge >= 0.3 is 12.1 Å². The van der Waals surface area contributed by atoms with Gasteiger partial charge in [0.05, 0.1) is 26.3 Å². The molecular formula is C25H31ClN6O5. The lowest BCUT2D eigenvalue weighted by Gasteiger charge is -2.47. The Bertz CT molecular complexity index is 1110. The molecule has 0 aromatic heterocycles. The van der Waals surface area contributed by atoms with Gasteiger partial charge < -0.3 is 15.2 Å². The van der Waals surface area contributed by atoms with Gasteiger partial charge in [-0.15, -0.1) is 0 Å². The summed E-state index contributed by atoms with van der Waals surface area (Å²) in [6.07, 6.45) is 1.37. The molecule has 1 heterocycles. The third-order valence-corrected chi connectivity index (χ3v) is 6.71. The molecule has 37 heavy (non-hydrogen) atoms. The Kier molecular flexibility index (Phi) is 8.16. The fraction of sp³-hybridized carbons (Fsp3) is 0.440. The Morgan fingerprint density at radius 1 is 1.14 bits per heavy atom. The molecule has 4 amide bonds. The number of ether oxygens (including phenoxy) is 1. The van der Waals surface area contributed by atoms with Crippen LogP contribution in [0.4, 0.5) is 15.3 Å². The number of hydrogen-bond acceptors (Lipinski definition) is 8. The predicted octanol–water partition coefficient (Wildman–Crippen LogP) is 3.82. The number of nitrogens with two attached hydrogens (primary N) is 1. The topological polar surface area (TPSA) is 141 Å². The van der Waals surface area contributed by atoms with Crippen molar-refractivity contribution in [2.75, 3.05) is 31.6 Å². The Morgan fingerprint density at radius 2 is 1.81 bits per heavy atom. The maximum absolute atomic E-state index is 13.6. The Hall–Kier alpha value is -3.41. The third kappa shape index (κ3) is 6.48. The minimum Gasteiger partial charge on any atom is -0.493 e. The van der Waals surface area contributed by atoms with E-state index in [1.165, 1.54) is 17.7 Å². The first-order chi connectivity index (χ1) is 17.7. The molecule has 4 N–H and O–H groups in total. The average Bonchev–Trinajstić information content (AvgIpc) is 3.73. The highest BCUT2D eigenvalue weighted by atomic mass is 35.5. The number of aliphatic hydroxyl groups excluding tert-OH is 1. The summed E-state index contributed by atoms with van der Waals surface area (Å²) in [6.45, 7) is 1.39. The number of urea groups is 2. The van der Waals surface area contributed by atoms with E-state index in [-0.39, 0.29) is 19.6 Å². The molecule has 2 unspecified atom stereocenters. The fourth-order valence-corrected chi connectivity index (χ4v) is 4.07. The number of hydrogen-bond donors (Lipinski definition) is 3. The zero-order valence-corrected chi connectivity index (χ0v) is 21.3. The van der Waals surface area contributed by atoms with E-state index in [1.54, 1.807) is 43.3 Å². The van der Waals surface area contributed by atoms with Gasteiger partial charge in [-0.05, 0) is 60.7 Å². The van der Waals surface area contributed by atoms with Gasteiger partial charge in [-0.3, -0.25) is 4.90 Å². The highest BCUT2D eigenvalue weighted by Crippen LogP contribution is 2.30. The second kappa shape index (κ2) is 11.3. The summed E-state index contributed by atoms with van der Waals surface area (Å²) < 4.78 is 5.78. The molecule has 4 rings (SSSR count). The summed E-state index contributed by atoms with van der Waals surface area (Å²) in [5.41, 5.74) is 0.270. The van der Waals surface area contributed by atoms with E-state index in [0.717, 1.165) is 21.2 Å². The van der Waals surface area contributed by atoms with Gasteiger partial charge in [-0.25, -0.2) is 25.3 Å². The highest BCUT2D eigenvalue weighted by Gasteiger charge is 2.45. The minimum absolute atomic E-state index is 0.107. The lowest BCUT2D eigenvalue weighted by atomic mass is 9.91. The largest absolute Gasteiger partial charge is 0.493 e. The summed E-state index contributed by atoms with van der Waals surface area (Å²) in [4.78, 5) is 40.1. The van der Waals surface area contributed by atoms with Crippen LogP contribution in [-0.4, -0.2) is 64.6 Å². The number of carbonyl (C=O) groups is 2. The minimum atomic E-state index is -1.11. The maximum Gasteiger partial charge on any atom is 0.345 e. The standard InChI is InChI=1S/C25H31ClN6O5/c1-25(16-33,14-28-36)15-31-23(34)30(12-17-4-6-19(26)7-5-17)22(32(27)24(31)35)29-20-8-10-21(11-9-20)37-13-18-2-3-18/h4-11,18,22,29,33H,2-3,12-16,27H2,1H3. The molecule has 2 aliphatic rings. The second-order valence-electron chi connectivity index (χ2n) is 9.87. The number of halogens is 1. The highest BCUT2D eigenvalue weighted by molar-refractivity contribution is 6.30. The van der Waals surface area contributed by atoms with Crippen LogP contribution >= 0.6 is 11.6 Å². The molecule has 12 heteroatoms. The number of amides is 4. The number of hydrazine groups is 1. The van der Waals surface area contributed by atoms with Gasteiger partial charge in [0, 0.05) is 22.7 Å². The molecule has 0 bridgehead atoms. The number of carbonyl (C=O) groups excluding carboxylic acids is 2. The summed E-state index contributed by atoms with van der Waals surface area (Å²) in [5, 5.41) is 17.3. The van der Waals surface area contributed by atoms with Crippen LogP contribution in [0.2, 0.25) is 5.02 Å². The lowest BCUT2D eigenvalue weighted by Crippen LogP contribution is -2.71. The smallest absolute Gasteiger partial charge is 0.345 e. The molecule has 1 saturated carbocycles. The molecule has 0 radical (unpaired) electrons. The van der Waals surface area contributed by atoms with E-state index in [2.05, 4.69) is 10.5 Å². The maximum atomic E-state index is 13.6. The average molecular weight is 531 g/mol. The molecule has 2 fully saturated rings. The molecule has 1 saturated heterocycles. The van der Waals surface area contributed by atoms with Crippen molar-refractivity contribution in [2.45, 2.75) is 32.6 Å². The Balaban J connectivity index is 1.57. The van der Waals surface area contributed by atoms with E-state index < -0.39 is 30.4 Å². The number of rotatable bonds is 12. The summed E-state index contributed by atoms with van der Waals surface area (Å²) in [6, 6.07) is 12.8. The van der Waals surface area contributed by atoms with Crippen LogP contribution in [0.25, 0.3) is 0 Å².